The fourth-order valence-electron chi connectivity index (χ4n) is 2.63. The Labute approximate surface area is 164 Å². The van der Waals surface area contributed by atoms with E-state index in [1.807, 2.05) is 19.9 Å². The third-order valence-corrected chi connectivity index (χ3v) is 5.57. The highest BCUT2D eigenvalue weighted by atomic mass is 32.2. The summed E-state index contributed by atoms with van der Waals surface area (Å²) < 4.78 is 58.6. The number of carbonyl (C=O) groups excluding carboxylic acids is 1. The van der Waals surface area contributed by atoms with E-state index in [2.05, 4.69) is 19.0 Å². The maximum atomic E-state index is 12.9. The number of rotatable bonds is 3. The molecule has 6 nitrogen and oxygen atoms in total. The zero-order chi connectivity index (χ0) is 21.4. The molecule has 0 aliphatic heterocycles. The molecular weight excluding hydrogens is 407 g/mol. The van der Waals surface area contributed by atoms with Crippen LogP contribution in [-0.4, -0.2) is 26.5 Å². The van der Waals surface area contributed by atoms with Crippen molar-refractivity contribution in [3.8, 4) is 11.4 Å². The van der Waals surface area contributed by atoms with E-state index in [1.54, 1.807) is 12.1 Å². The third-order valence-electron chi connectivity index (χ3n) is 3.95. The summed E-state index contributed by atoms with van der Waals surface area (Å²) in [6.45, 7) is 3.71. The monoisotopic (exact) mass is 423 g/mol. The molecule has 0 aliphatic rings. The molecule has 1 aromatic heterocycles. The Balaban J connectivity index is 1.88. The standard InChI is InChI=1S/C19H16F3N3O3S/c1-11-8-12(2)10-15(9-11)29(3,27)25-17(26)14-6-4-13(5-7-14)16-23-18(28-24-16)19(20,21)22/h4-10H,1-3H3. The fraction of sp³-hybridized carbons (Fsp3) is 0.211. The normalized spacial score (nSPS) is 13.7. The van der Waals surface area contributed by atoms with E-state index >= 15 is 0 Å². The number of halogens is 3. The molecule has 1 amide bonds. The van der Waals surface area contributed by atoms with Gasteiger partial charge in [-0.2, -0.15) is 22.5 Å². The maximum absolute atomic E-state index is 12.9. The average Bonchev–Trinajstić information content (AvgIpc) is 3.11. The van der Waals surface area contributed by atoms with E-state index in [0.717, 1.165) is 11.1 Å². The molecule has 10 heteroatoms. The van der Waals surface area contributed by atoms with Gasteiger partial charge in [0.15, 0.2) is 0 Å². The molecule has 3 rings (SSSR count). The lowest BCUT2D eigenvalue weighted by atomic mass is 10.1. The van der Waals surface area contributed by atoms with Gasteiger partial charge in [0, 0.05) is 22.3 Å². The molecule has 0 N–H and O–H groups in total. The molecular formula is C19H16F3N3O3S. The second kappa shape index (κ2) is 7.43. The van der Waals surface area contributed by atoms with Crippen LogP contribution in [0.3, 0.4) is 0 Å². The summed E-state index contributed by atoms with van der Waals surface area (Å²) in [6.07, 6.45) is -3.36. The Morgan fingerprint density at radius 1 is 1.07 bits per heavy atom. The van der Waals surface area contributed by atoms with Crippen LogP contribution in [0.25, 0.3) is 11.4 Å². The highest BCUT2D eigenvalue weighted by Gasteiger charge is 2.38. The predicted octanol–water partition coefficient (Wildman–Crippen LogP) is 4.67. The van der Waals surface area contributed by atoms with Gasteiger partial charge in [-0.3, -0.25) is 4.79 Å². The van der Waals surface area contributed by atoms with Gasteiger partial charge in [0.1, 0.15) is 0 Å². The maximum Gasteiger partial charge on any atom is 0.471 e. The molecule has 0 spiro atoms. The van der Waals surface area contributed by atoms with E-state index in [9.17, 15) is 22.2 Å². The number of carbonyl (C=O) groups is 1. The molecule has 29 heavy (non-hydrogen) atoms. The zero-order valence-corrected chi connectivity index (χ0v) is 16.5. The van der Waals surface area contributed by atoms with Gasteiger partial charge < -0.3 is 4.52 Å². The summed E-state index contributed by atoms with van der Waals surface area (Å²) in [5, 5.41) is 3.28. The van der Waals surface area contributed by atoms with Crippen LogP contribution in [0.15, 0.2) is 56.2 Å². The number of aromatic nitrogens is 2. The summed E-state index contributed by atoms with van der Waals surface area (Å²) in [5.74, 6) is -2.42. The van der Waals surface area contributed by atoms with Crippen molar-refractivity contribution in [1.82, 2.24) is 10.1 Å². The number of aryl methyl sites for hydroxylation is 2. The summed E-state index contributed by atoms with van der Waals surface area (Å²) in [6, 6.07) is 10.8. The van der Waals surface area contributed by atoms with Gasteiger partial charge >= 0.3 is 12.1 Å². The molecule has 0 aliphatic carbocycles. The van der Waals surface area contributed by atoms with Crippen LogP contribution in [0.4, 0.5) is 13.2 Å². The van der Waals surface area contributed by atoms with Gasteiger partial charge in [-0.1, -0.05) is 23.4 Å². The number of nitrogens with zero attached hydrogens (tertiary/aromatic N) is 3. The van der Waals surface area contributed by atoms with Gasteiger partial charge in [0.2, 0.25) is 5.82 Å². The van der Waals surface area contributed by atoms with Crippen molar-refractivity contribution in [3.63, 3.8) is 0 Å². The molecule has 152 valence electrons. The van der Waals surface area contributed by atoms with E-state index in [0.29, 0.717) is 4.90 Å². The summed E-state index contributed by atoms with van der Waals surface area (Å²) in [5.41, 5.74) is 2.17. The Kier molecular flexibility index (Phi) is 5.31. The average molecular weight is 423 g/mol. The summed E-state index contributed by atoms with van der Waals surface area (Å²) >= 11 is 0. The van der Waals surface area contributed by atoms with Gasteiger partial charge in [-0.25, -0.2) is 4.21 Å². The first kappa shape index (κ1) is 20.7. The second-order valence-corrected chi connectivity index (χ2v) is 8.78. The van der Waals surface area contributed by atoms with Crippen molar-refractivity contribution < 1.29 is 26.7 Å². The van der Waals surface area contributed by atoms with Crippen LogP contribution < -0.4 is 0 Å². The molecule has 0 saturated carbocycles. The molecule has 0 saturated heterocycles. The van der Waals surface area contributed by atoms with Crippen molar-refractivity contribution in [2.24, 2.45) is 4.36 Å². The molecule has 0 radical (unpaired) electrons. The molecule has 2 aromatic carbocycles. The summed E-state index contributed by atoms with van der Waals surface area (Å²) in [4.78, 5) is 16.2. The van der Waals surface area contributed by atoms with E-state index in [4.69, 9.17) is 0 Å². The van der Waals surface area contributed by atoms with E-state index in [1.165, 1.54) is 30.5 Å². The number of benzene rings is 2. The minimum atomic E-state index is -4.74. The molecule has 1 unspecified atom stereocenters. The minimum absolute atomic E-state index is 0.132. The number of hydrogen-bond acceptors (Lipinski definition) is 5. The van der Waals surface area contributed by atoms with Crippen molar-refractivity contribution in [3.05, 3.63) is 65.0 Å². The SMILES string of the molecule is Cc1cc(C)cc(S(C)(=O)=NC(=O)c2ccc(-c3noc(C(F)(F)F)n3)cc2)c1. The lowest BCUT2D eigenvalue weighted by Crippen LogP contribution is -2.05. The molecule has 0 bridgehead atoms. The molecule has 0 fully saturated rings. The van der Waals surface area contributed by atoms with Crippen molar-refractivity contribution in [2.75, 3.05) is 6.26 Å². The van der Waals surface area contributed by atoms with Crippen LogP contribution in [0.1, 0.15) is 27.4 Å². The highest BCUT2D eigenvalue weighted by Crippen LogP contribution is 2.29. The first-order valence-corrected chi connectivity index (χ1v) is 10.2. The summed E-state index contributed by atoms with van der Waals surface area (Å²) in [7, 11) is -2.97. The smallest absolute Gasteiger partial charge is 0.329 e. The quantitative estimate of drug-likeness (QED) is 0.611. The fourth-order valence-corrected chi connectivity index (χ4v) is 3.97. The first-order chi connectivity index (χ1) is 13.5. The highest BCUT2D eigenvalue weighted by molar-refractivity contribution is 7.93. The Hall–Kier alpha value is -3.01. The second-order valence-electron chi connectivity index (χ2n) is 6.52. The van der Waals surface area contributed by atoms with Crippen LogP contribution in [0.2, 0.25) is 0 Å². The van der Waals surface area contributed by atoms with Crippen LogP contribution in [-0.2, 0) is 15.9 Å². The predicted molar refractivity (Wildman–Crippen MR) is 99.7 cm³/mol. The van der Waals surface area contributed by atoms with Crippen LogP contribution >= 0.6 is 0 Å². The first-order valence-electron chi connectivity index (χ1n) is 8.32. The largest absolute Gasteiger partial charge is 0.471 e. The lowest BCUT2D eigenvalue weighted by molar-refractivity contribution is -0.159. The van der Waals surface area contributed by atoms with Gasteiger partial charge in [0.05, 0.1) is 9.73 Å². The minimum Gasteiger partial charge on any atom is -0.329 e. The Morgan fingerprint density at radius 2 is 1.66 bits per heavy atom. The van der Waals surface area contributed by atoms with Crippen LogP contribution in [0, 0.1) is 13.8 Å². The van der Waals surface area contributed by atoms with Gasteiger partial charge in [-0.05, 0) is 49.2 Å². The van der Waals surface area contributed by atoms with E-state index < -0.39 is 27.7 Å². The molecule has 1 atom stereocenters. The van der Waals surface area contributed by atoms with Crippen LogP contribution in [0.5, 0.6) is 0 Å². The Morgan fingerprint density at radius 3 is 2.17 bits per heavy atom. The molecule has 1 heterocycles. The van der Waals surface area contributed by atoms with Crippen molar-refractivity contribution in [1.29, 1.82) is 0 Å². The number of alkyl halides is 3. The third kappa shape index (κ3) is 4.70. The van der Waals surface area contributed by atoms with Gasteiger partial charge in [0.25, 0.3) is 5.91 Å². The van der Waals surface area contributed by atoms with Crippen molar-refractivity contribution in [2.45, 2.75) is 24.9 Å². The molecule has 3 aromatic rings. The number of hydrogen-bond donors (Lipinski definition) is 0. The lowest BCUT2D eigenvalue weighted by Gasteiger charge is -2.07. The number of amides is 1. The van der Waals surface area contributed by atoms with E-state index in [-0.39, 0.29) is 17.0 Å². The Bertz CT molecular complexity index is 1170. The topological polar surface area (TPSA) is 85.4 Å². The zero-order valence-electron chi connectivity index (χ0n) is 15.6. The van der Waals surface area contributed by atoms with Crippen molar-refractivity contribution >= 4 is 15.6 Å². The van der Waals surface area contributed by atoms with Gasteiger partial charge in [-0.15, -0.1) is 0 Å².